The second kappa shape index (κ2) is 9.96. The summed E-state index contributed by atoms with van der Waals surface area (Å²) >= 11 is 0. The second-order valence-electron chi connectivity index (χ2n) is 8.28. The Labute approximate surface area is 175 Å². The van der Waals surface area contributed by atoms with Crippen LogP contribution in [0, 0.1) is 6.92 Å². The van der Waals surface area contributed by atoms with Crippen molar-refractivity contribution in [1.29, 1.82) is 0 Å². The lowest BCUT2D eigenvalue weighted by atomic mass is 10.1. The number of anilines is 1. The Balaban J connectivity index is 1.54. The van der Waals surface area contributed by atoms with Crippen LogP contribution in [0.4, 0.5) is 5.69 Å². The van der Waals surface area contributed by atoms with Crippen LogP contribution in [0.1, 0.15) is 30.9 Å². The lowest BCUT2D eigenvalue weighted by molar-refractivity contribution is -0.122. The minimum Gasteiger partial charge on any atom is -0.378 e. The van der Waals surface area contributed by atoms with Gasteiger partial charge in [-0.15, -0.1) is 0 Å². The molecule has 0 atom stereocenters. The molecule has 1 amide bonds. The molecule has 0 bridgehead atoms. The van der Waals surface area contributed by atoms with Gasteiger partial charge in [0.05, 0.1) is 13.1 Å². The molecule has 1 saturated carbocycles. The molecule has 0 aromatic heterocycles. The molecule has 3 rings (SSSR count). The van der Waals surface area contributed by atoms with Crippen LogP contribution in [-0.4, -0.2) is 81.1 Å². The first-order valence-corrected chi connectivity index (χ1v) is 10.8. The first-order valence-electron chi connectivity index (χ1n) is 10.8. The number of amides is 1. The summed E-state index contributed by atoms with van der Waals surface area (Å²) in [4.78, 5) is 23.6. The zero-order chi connectivity index (χ0) is 20.8. The Bertz CT molecular complexity index is 720. The van der Waals surface area contributed by atoms with E-state index in [0.29, 0.717) is 19.1 Å². The molecule has 2 aliphatic rings. The molecule has 0 spiro atoms. The Morgan fingerprint density at radius 1 is 1.21 bits per heavy atom. The van der Waals surface area contributed by atoms with Crippen molar-refractivity contribution in [1.82, 2.24) is 20.4 Å². The average Bonchev–Trinajstić information content (AvgIpc) is 3.50. The lowest BCUT2D eigenvalue weighted by Gasteiger charge is -2.36. The minimum atomic E-state index is 0.165. The molecule has 2 fully saturated rings. The summed E-state index contributed by atoms with van der Waals surface area (Å²) in [7, 11) is 4.12. The molecule has 7 nitrogen and oxygen atoms in total. The van der Waals surface area contributed by atoms with E-state index in [1.54, 1.807) is 0 Å². The summed E-state index contributed by atoms with van der Waals surface area (Å²) in [5.41, 5.74) is 3.73. The summed E-state index contributed by atoms with van der Waals surface area (Å²) in [6.45, 7) is 9.84. The van der Waals surface area contributed by atoms with Crippen LogP contribution in [-0.2, 0) is 11.3 Å². The highest BCUT2D eigenvalue weighted by Crippen LogP contribution is 2.19. The van der Waals surface area contributed by atoms with E-state index in [1.165, 1.54) is 16.8 Å². The summed E-state index contributed by atoms with van der Waals surface area (Å²) < 4.78 is 0. The summed E-state index contributed by atoms with van der Waals surface area (Å²) in [6.07, 6.45) is 2.28. The molecule has 1 aromatic carbocycles. The maximum absolute atomic E-state index is 12.0. The normalized spacial score (nSPS) is 17.9. The van der Waals surface area contributed by atoms with Crippen LogP contribution in [0.25, 0.3) is 0 Å². The van der Waals surface area contributed by atoms with Crippen LogP contribution in [0.2, 0.25) is 0 Å². The number of nitrogens with one attached hydrogen (secondary N) is 2. The fourth-order valence-electron chi connectivity index (χ4n) is 3.54. The maximum Gasteiger partial charge on any atom is 0.234 e. The van der Waals surface area contributed by atoms with Crippen molar-refractivity contribution in [3.63, 3.8) is 0 Å². The van der Waals surface area contributed by atoms with Crippen LogP contribution < -0.4 is 15.5 Å². The van der Waals surface area contributed by atoms with E-state index in [1.807, 2.05) is 0 Å². The molecule has 160 valence electrons. The largest absolute Gasteiger partial charge is 0.378 e. The van der Waals surface area contributed by atoms with Gasteiger partial charge in [-0.25, -0.2) is 4.99 Å². The van der Waals surface area contributed by atoms with Gasteiger partial charge in [0.25, 0.3) is 0 Å². The molecule has 7 heteroatoms. The SMILES string of the molecule is CCNC(=NCc1ccc(N(C)C)cc1C)N1CCN(CC(=O)NC2CC2)CC1. The van der Waals surface area contributed by atoms with Gasteiger partial charge in [-0.2, -0.15) is 0 Å². The fraction of sp³-hybridized carbons (Fsp3) is 0.636. The number of nitrogens with zero attached hydrogens (tertiary/aromatic N) is 4. The molecule has 1 aromatic rings. The van der Waals surface area contributed by atoms with Gasteiger partial charge in [-0.1, -0.05) is 6.07 Å². The van der Waals surface area contributed by atoms with Crippen molar-refractivity contribution < 1.29 is 4.79 Å². The first kappa shape index (κ1) is 21.4. The predicted octanol–water partition coefficient (Wildman–Crippen LogP) is 1.42. The summed E-state index contributed by atoms with van der Waals surface area (Å²) in [5, 5.41) is 6.51. The standard InChI is InChI=1S/C22H36N6O/c1-5-23-22(24-15-18-6-9-20(26(3)4)14-17(18)2)28-12-10-27(11-13-28)16-21(29)25-19-7-8-19/h6,9,14,19H,5,7-8,10-13,15-16H2,1-4H3,(H,23,24)(H,25,29). The number of carbonyl (C=O) groups excluding carboxylic acids is 1. The maximum atomic E-state index is 12.0. The van der Waals surface area contributed by atoms with Crippen LogP contribution >= 0.6 is 0 Å². The second-order valence-corrected chi connectivity index (χ2v) is 8.28. The Hall–Kier alpha value is -2.28. The van der Waals surface area contributed by atoms with E-state index in [4.69, 9.17) is 4.99 Å². The van der Waals surface area contributed by atoms with Gasteiger partial charge in [0.15, 0.2) is 5.96 Å². The Kier molecular flexibility index (Phi) is 7.36. The molecule has 2 N–H and O–H groups in total. The van der Waals surface area contributed by atoms with Crippen molar-refractivity contribution in [2.45, 2.75) is 39.3 Å². The van der Waals surface area contributed by atoms with Crippen molar-refractivity contribution in [3.8, 4) is 0 Å². The highest BCUT2D eigenvalue weighted by molar-refractivity contribution is 5.80. The van der Waals surface area contributed by atoms with Crippen LogP contribution in [0.5, 0.6) is 0 Å². The first-order chi connectivity index (χ1) is 14.0. The van der Waals surface area contributed by atoms with E-state index in [0.717, 1.165) is 51.5 Å². The quantitative estimate of drug-likeness (QED) is 0.535. The highest BCUT2D eigenvalue weighted by Gasteiger charge is 2.25. The third-order valence-electron chi connectivity index (χ3n) is 5.56. The number of hydrogen-bond donors (Lipinski definition) is 2. The van der Waals surface area contributed by atoms with Gasteiger partial charge in [-0.3, -0.25) is 9.69 Å². The molecular formula is C22H36N6O. The Morgan fingerprint density at radius 3 is 2.52 bits per heavy atom. The molecular weight excluding hydrogens is 364 g/mol. The number of hydrogen-bond acceptors (Lipinski definition) is 4. The predicted molar refractivity (Wildman–Crippen MR) is 119 cm³/mol. The third-order valence-corrected chi connectivity index (χ3v) is 5.56. The van der Waals surface area contributed by atoms with Crippen molar-refractivity contribution >= 4 is 17.6 Å². The van der Waals surface area contributed by atoms with Gasteiger partial charge in [0.1, 0.15) is 0 Å². The minimum absolute atomic E-state index is 0.165. The molecule has 1 heterocycles. The number of aliphatic imine (C=N–C) groups is 1. The van der Waals surface area contributed by atoms with E-state index in [9.17, 15) is 4.79 Å². The molecule has 0 radical (unpaired) electrons. The average molecular weight is 401 g/mol. The third kappa shape index (κ3) is 6.35. The molecule has 29 heavy (non-hydrogen) atoms. The molecule has 1 aliphatic carbocycles. The number of piperazine rings is 1. The molecule has 1 saturated heterocycles. The van der Waals surface area contributed by atoms with E-state index >= 15 is 0 Å². The van der Waals surface area contributed by atoms with Gasteiger partial charge < -0.3 is 20.4 Å². The number of rotatable bonds is 7. The zero-order valence-corrected chi connectivity index (χ0v) is 18.4. The number of guanidine groups is 1. The zero-order valence-electron chi connectivity index (χ0n) is 18.4. The lowest BCUT2D eigenvalue weighted by Crippen LogP contribution is -2.54. The smallest absolute Gasteiger partial charge is 0.234 e. The summed E-state index contributed by atoms with van der Waals surface area (Å²) in [5.74, 6) is 1.13. The number of aryl methyl sites for hydroxylation is 1. The fourth-order valence-corrected chi connectivity index (χ4v) is 3.54. The van der Waals surface area contributed by atoms with E-state index < -0.39 is 0 Å². The van der Waals surface area contributed by atoms with E-state index in [-0.39, 0.29) is 5.91 Å². The van der Waals surface area contributed by atoms with Crippen molar-refractivity contribution in [2.75, 3.05) is 58.3 Å². The topological polar surface area (TPSA) is 63.2 Å². The van der Waals surface area contributed by atoms with Gasteiger partial charge >= 0.3 is 0 Å². The van der Waals surface area contributed by atoms with Crippen LogP contribution in [0.3, 0.4) is 0 Å². The van der Waals surface area contributed by atoms with Gasteiger partial charge in [0.2, 0.25) is 5.91 Å². The monoisotopic (exact) mass is 400 g/mol. The highest BCUT2D eigenvalue weighted by atomic mass is 16.2. The molecule has 0 unspecified atom stereocenters. The van der Waals surface area contributed by atoms with Crippen molar-refractivity contribution in [2.24, 2.45) is 4.99 Å². The number of benzene rings is 1. The molecule has 1 aliphatic heterocycles. The van der Waals surface area contributed by atoms with Gasteiger partial charge in [-0.05, 0) is 49.9 Å². The van der Waals surface area contributed by atoms with Crippen LogP contribution in [0.15, 0.2) is 23.2 Å². The van der Waals surface area contributed by atoms with Crippen molar-refractivity contribution in [3.05, 3.63) is 29.3 Å². The van der Waals surface area contributed by atoms with E-state index in [2.05, 4.69) is 71.5 Å². The summed E-state index contributed by atoms with van der Waals surface area (Å²) in [6, 6.07) is 6.97. The number of carbonyl (C=O) groups is 1. The Morgan fingerprint density at radius 2 is 1.93 bits per heavy atom. The van der Waals surface area contributed by atoms with Gasteiger partial charge in [0, 0.05) is 58.5 Å².